The molecule has 0 radical (unpaired) electrons. The average Bonchev–Trinajstić information content (AvgIpc) is 2.48. The van der Waals surface area contributed by atoms with Crippen LogP contribution in [-0.4, -0.2) is 40.0 Å². The van der Waals surface area contributed by atoms with E-state index >= 15 is 0 Å². The third kappa shape index (κ3) is 4.24. The molecule has 0 bridgehead atoms. The molecule has 1 aromatic rings. The summed E-state index contributed by atoms with van der Waals surface area (Å²) in [5.74, 6) is 1.36. The maximum Gasteiger partial charge on any atom is 0.0727 e. The van der Waals surface area contributed by atoms with E-state index < -0.39 is 0 Å². The largest absolute Gasteiger partial charge is 0.311 e. The van der Waals surface area contributed by atoms with Crippen LogP contribution < -0.4 is 5.32 Å². The van der Waals surface area contributed by atoms with E-state index in [0.717, 1.165) is 31.0 Å². The molecule has 0 saturated carbocycles. The zero-order valence-corrected chi connectivity index (χ0v) is 14.1. The third-order valence-electron chi connectivity index (χ3n) is 4.79. The Morgan fingerprint density at radius 2 is 2.05 bits per heavy atom. The van der Waals surface area contributed by atoms with E-state index in [9.17, 15) is 0 Å². The van der Waals surface area contributed by atoms with Gasteiger partial charge in [-0.25, -0.2) is 0 Å². The second kappa shape index (κ2) is 7.32. The molecule has 118 valence electrons. The molecule has 1 aromatic heterocycles. The van der Waals surface area contributed by atoms with Crippen LogP contribution in [0.5, 0.6) is 0 Å². The van der Waals surface area contributed by atoms with E-state index in [2.05, 4.69) is 47.9 Å². The number of hydrogen-bond acceptors (Lipinski definition) is 4. The minimum absolute atomic E-state index is 0.577. The zero-order valence-electron chi connectivity index (χ0n) is 14.1. The van der Waals surface area contributed by atoms with Crippen molar-refractivity contribution in [3.05, 3.63) is 23.8 Å². The molecule has 1 aliphatic rings. The summed E-state index contributed by atoms with van der Waals surface area (Å²) in [6, 6.07) is 1.16. The maximum absolute atomic E-state index is 4.53. The molecule has 4 nitrogen and oxygen atoms in total. The number of aromatic nitrogens is 2. The quantitative estimate of drug-likeness (QED) is 0.905. The molecule has 0 aliphatic carbocycles. The van der Waals surface area contributed by atoms with Crippen LogP contribution in [0, 0.1) is 18.8 Å². The summed E-state index contributed by atoms with van der Waals surface area (Å²) in [6.45, 7) is 14.3. The van der Waals surface area contributed by atoms with Crippen LogP contribution in [-0.2, 0) is 6.54 Å². The Hall–Kier alpha value is -1.00. The summed E-state index contributed by atoms with van der Waals surface area (Å²) in [7, 11) is 0. The van der Waals surface area contributed by atoms with Gasteiger partial charge in [-0.2, -0.15) is 0 Å². The summed E-state index contributed by atoms with van der Waals surface area (Å²) in [5.41, 5.74) is 2.06. The second-order valence-electron chi connectivity index (χ2n) is 6.79. The fraction of sp³-hybridized carbons (Fsp3) is 0.765. The van der Waals surface area contributed by atoms with Gasteiger partial charge in [-0.1, -0.05) is 34.1 Å². The van der Waals surface area contributed by atoms with Crippen LogP contribution in [0.3, 0.4) is 0 Å². The summed E-state index contributed by atoms with van der Waals surface area (Å²) < 4.78 is 0. The highest BCUT2D eigenvalue weighted by Crippen LogP contribution is 2.21. The Kier molecular flexibility index (Phi) is 5.71. The van der Waals surface area contributed by atoms with E-state index in [1.807, 2.05) is 19.3 Å². The summed E-state index contributed by atoms with van der Waals surface area (Å²) >= 11 is 0. The second-order valence-corrected chi connectivity index (χ2v) is 6.79. The highest BCUT2D eigenvalue weighted by molar-refractivity contribution is 5.02. The highest BCUT2D eigenvalue weighted by atomic mass is 15.2. The van der Waals surface area contributed by atoms with E-state index in [0.29, 0.717) is 23.9 Å². The Morgan fingerprint density at radius 3 is 2.62 bits per heavy atom. The van der Waals surface area contributed by atoms with Crippen molar-refractivity contribution in [2.45, 2.75) is 59.7 Å². The van der Waals surface area contributed by atoms with Gasteiger partial charge in [-0.3, -0.25) is 14.9 Å². The molecule has 1 aliphatic heterocycles. The van der Waals surface area contributed by atoms with Gasteiger partial charge in [-0.05, 0) is 18.8 Å². The van der Waals surface area contributed by atoms with Crippen LogP contribution in [0.15, 0.2) is 12.4 Å². The Balaban J connectivity index is 2.08. The highest BCUT2D eigenvalue weighted by Gasteiger charge is 2.31. The number of nitrogens with one attached hydrogen (secondary N) is 1. The monoisotopic (exact) mass is 290 g/mol. The number of aryl methyl sites for hydroxylation is 1. The van der Waals surface area contributed by atoms with Crippen LogP contribution in [0.25, 0.3) is 0 Å². The van der Waals surface area contributed by atoms with Crippen molar-refractivity contribution in [1.29, 1.82) is 0 Å². The topological polar surface area (TPSA) is 41.1 Å². The van der Waals surface area contributed by atoms with Crippen molar-refractivity contribution >= 4 is 0 Å². The van der Waals surface area contributed by atoms with Gasteiger partial charge in [0.05, 0.1) is 11.4 Å². The van der Waals surface area contributed by atoms with E-state index in [1.165, 1.54) is 6.42 Å². The molecule has 3 unspecified atom stereocenters. The van der Waals surface area contributed by atoms with Gasteiger partial charge in [0.15, 0.2) is 0 Å². The lowest BCUT2D eigenvalue weighted by atomic mass is 9.92. The number of piperazine rings is 1. The van der Waals surface area contributed by atoms with Crippen molar-refractivity contribution in [1.82, 2.24) is 20.2 Å². The molecule has 0 aromatic carbocycles. The van der Waals surface area contributed by atoms with Gasteiger partial charge in [0.1, 0.15) is 0 Å². The summed E-state index contributed by atoms with van der Waals surface area (Å²) in [4.78, 5) is 11.5. The normalized spacial score (nSPS) is 25.2. The molecule has 4 heteroatoms. The van der Waals surface area contributed by atoms with Gasteiger partial charge < -0.3 is 5.32 Å². The maximum atomic E-state index is 4.53. The van der Waals surface area contributed by atoms with Gasteiger partial charge in [-0.15, -0.1) is 0 Å². The van der Waals surface area contributed by atoms with Gasteiger partial charge in [0, 0.05) is 44.1 Å². The first-order chi connectivity index (χ1) is 10.0. The number of rotatable bonds is 5. The molecule has 2 rings (SSSR count). The van der Waals surface area contributed by atoms with Crippen molar-refractivity contribution < 1.29 is 0 Å². The summed E-state index contributed by atoms with van der Waals surface area (Å²) in [5, 5.41) is 3.75. The predicted molar refractivity (Wildman–Crippen MR) is 87.1 cm³/mol. The van der Waals surface area contributed by atoms with Crippen molar-refractivity contribution in [3.63, 3.8) is 0 Å². The molecule has 1 N–H and O–H groups in total. The van der Waals surface area contributed by atoms with E-state index in [-0.39, 0.29) is 0 Å². The molecular formula is C17H30N4. The van der Waals surface area contributed by atoms with Crippen molar-refractivity contribution in [2.75, 3.05) is 13.1 Å². The van der Waals surface area contributed by atoms with Crippen molar-refractivity contribution in [3.8, 4) is 0 Å². The SMILES string of the molecule is CCC(C)C1CN(Cc2cnc(C)cn2)C(C(C)C)CN1. The molecular weight excluding hydrogens is 260 g/mol. The molecule has 0 amide bonds. The first kappa shape index (κ1) is 16.4. The smallest absolute Gasteiger partial charge is 0.0727 e. The lowest BCUT2D eigenvalue weighted by molar-refractivity contribution is 0.0740. The molecule has 2 heterocycles. The van der Waals surface area contributed by atoms with Crippen molar-refractivity contribution in [2.24, 2.45) is 11.8 Å². The van der Waals surface area contributed by atoms with E-state index in [4.69, 9.17) is 0 Å². The first-order valence-electron chi connectivity index (χ1n) is 8.26. The minimum Gasteiger partial charge on any atom is -0.311 e. The molecule has 0 spiro atoms. The fourth-order valence-corrected chi connectivity index (χ4v) is 3.07. The lowest BCUT2D eigenvalue weighted by Gasteiger charge is -2.44. The Bertz CT molecular complexity index is 429. The zero-order chi connectivity index (χ0) is 15.4. The first-order valence-corrected chi connectivity index (χ1v) is 8.26. The van der Waals surface area contributed by atoms with Crippen LogP contribution in [0.4, 0.5) is 0 Å². The standard InChI is InChI=1S/C17H30N4/c1-6-13(4)16-11-21(17(9-20-16)12(2)3)10-15-8-18-14(5)7-19-15/h7-8,12-13,16-17,20H,6,9-11H2,1-5H3. The lowest BCUT2D eigenvalue weighted by Crippen LogP contribution is -2.59. The Labute approximate surface area is 129 Å². The molecule has 3 atom stereocenters. The number of hydrogen-bond donors (Lipinski definition) is 1. The third-order valence-corrected chi connectivity index (χ3v) is 4.79. The fourth-order valence-electron chi connectivity index (χ4n) is 3.07. The van der Waals surface area contributed by atoms with Crippen LogP contribution >= 0.6 is 0 Å². The van der Waals surface area contributed by atoms with Crippen LogP contribution in [0.1, 0.15) is 45.5 Å². The van der Waals surface area contributed by atoms with Gasteiger partial charge in [0.25, 0.3) is 0 Å². The minimum atomic E-state index is 0.577. The molecule has 1 saturated heterocycles. The van der Waals surface area contributed by atoms with Crippen LogP contribution in [0.2, 0.25) is 0 Å². The van der Waals surface area contributed by atoms with Gasteiger partial charge >= 0.3 is 0 Å². The summed E-state index contributed by atoms with van der Waals surface area (Å²) in [6.07, 6.45) is 5.02. The number of nitrogens with zero attached hydrogens (tertiary/aromatic N) is 3. The molecule has 21 heavy (non-hydrogen) atoms. The van der Waals surface area contributed by atoms with E-state index in [1.54, 1.807) is 0 Å². The molecule has 1 fully saturated rings. The predicted octanol–water partition coefficient (Wildman–Crippen LogP) is 2.63. The van der Waals surface area contributed by atoms with Gasteiger partial charge in [0.2, 0.25) is 0 Å². The Morgan fingerprint density at radius 1 is 1.29 bits per heavy atom. The average molecular weight is 290 g/mol.